The lowest BCUT2D eigenvalue weighted by atomic mass is 9.87. The van der Waals surface area contributed by atoms with Crippen molar-refractivity contribution in [2.75, 3.05) is 0 Å². The summed E-state index contributed by atoms with van der Waals surface area (Å²) in [6.07, 6.45) is 7.45. The molecule has 2 nitrogen and oxygen atoms in total. The number of rotatable bonds is 3. The van der Waals surface area contributed by atoms with Gasteiger partial charge in [-0.3, -0.25) is 0 Å². The highest BCUT2D eigenvalue weighted by molar-refractivity contribution is 5.80. The Labute approximate surface area is 144 Å². The van der Waals surface area contributed by atoms with Crippen molar-refractivity contribution in [3.8, 4) is 0 Å². The molecule has 2 aromatic rings. The van der Waals surface area contributed by atoms with Gasteiger partial charge in [-0.1, -0.05) is 79.9 Å². The summed E-state index contributed by atoms with van der Waals surface area (Å²) >= 11 is 0. The molecule has 2 heteroatoms. The van der Waals surface area contributed by atoms with Gasteiger partial charge in [-0.2, -0.15) is 0 Å². The van der Waals surface area contributed by atoms with Gasteiger partial charge in [0.25, 0.3) is 0 Å². The molecule has 1 saturated carbocycles. The minimum Gasteiger partial charge on any atom is -0.473 e. The fraction of sp³-hybridized carbons (Fsp3) is 0.409. The van der Waals surface area contributed by atoms with E-state index in [1.54, 1.807) is 0 Å². The highest BCUT2D eigenvalue weighted by Crippen LogP contribution is 2.39. The maximum atomic E-state index is 6.41. The number of benzene rings is 2. The van der Waals surface area contributed by atoms with Crippen LogP contribution in [-0.4, -0.2) is 5.90 Å². The van der Waals surface area contributed by atoms with Crippen LogP contribution in [0.1, 0.15) is 61.8 Å². The first-order chi connectivity index (χ1) is 11.9. The number of hydrogen-bond acceptors (Lipinski definition) is 2. The highest BCUT2D eigenvalue weighted by atomic mass is 16.5. The Kier molecular flexibility index (Phi) is 4.64. The Bertz CT molecular complexity index is 674. The second-order valence-corrected chi connectivity index (χ2v) is 6.98. The van der Waals surface area contributed by atoms with Crippen LogP contribution in [0.5, 0.6) is 0 Å². The SMILES string of the molecule is c1ccc(C2CC(c3ccccc3)OC(C3CCCCC3)=N2)cc1. The molecule has 0 amide bonds. The van der Waals surface area contributed by atoms with Crippen molar-refractivity contribution < 1.29 is 4.74 Å². The van der Waals surface area contributed by atoms with E-state index in [0.29, 0.717) is 5.92 Å². The standard InChI is InChI=1S/C22H25NO/c1-4-10-17(11-5-1)20-16-21(18-12-6-2-7-13-18)24-22(23-20)19-14-8-3-9-15-19/h1-2,4-7,10-13,19-21H,3,8-9,14-16H2. The van der Waals surface area contributed by atoms with Crippen molar-refractivity contribution in [3.05, 3.63) is 71.8 Å². The van der Waals surface area contributed by atoms with Gasteiger partial charge in [-0.25, -0.2) is 4.99 Å². The van der Waals surface area contributed by atoms with Crippen LogP contribution in [0.3, 0.4) is 0 Å². The first-order valence-electron chi connectivity index (χ1n) is 9.24. The van der Waals surface area contributed by atoms with E-state index in [1.807, 2.05) is 0 Å². The van der Waals surface area contributed by atoms with Crippen molar-refractivity contribution in [1.29, 1.82) is 0 Å². The molecular weight excluding hydrogens is 294 g/mol. The summed E-state index contributed by atoms with van der Waals surface area (Å²) < 4.78 is 6.41. The van der Waals surface area contributed by atoms with E-state index in [0.717, 1.165) is 12.3 Å². The molecule has 24 heavy (non-hydrogen) atoms. The maximum absolute atomic E-state index is 6.41. The Hall–Kier alpha value is -2.09. The van der Waals surface area contributed by atoms with Gasteiger partial charge in [0.1, 0.15) is 6.10 Å². The number of ether oxygens (including phenoxy) is 1. The predicted octanol–water partition coefficient (Wildman–Crippen LogP) is 5.87. The Morgan fingerprint density at radius 1 is 0.750 bits per heavy atom. The molecular formula is C22H25NO. The zero-order chi connectivity index (χ0) is 16.2. The summed E-state index contributed by atoms with van der Waals surface area (Å²) in [6.45, 7) is 0. The van der Waals surface area contributed by atoms with E-state index in [-0.39, 0.29) is 12.1 Å². The predicted molar refractivity (Wildman–Crippen MR) is 98.1 cm³/mol. The fourth-order valence-electron chi connectivity index (χ4n) is 3.94. The van der Waals surface area contributed by atoms with Gasteiger partial charge in [0.15, 0.2) is 5.90 Å². The smallest absolute Gasteiger partial charge is 0.187 e. The molecule has 1 fully saturated rings. The van der Waals surface area contributed by atoms with Crippen LogP contribution in [0.2, 0.25) is 0 Å². The average Bonchev–Trinajstić information content (AvgIpc) is 2.70. The second kappa shape index (κ2) is 7.21. The summed E-state index contributed by atoms with van der Waals surface area (Å²) in [6, 6.07) is 21.5. The van der Waals surface area contributed by atoms with Gasteiger partial charge in [-0.15, -0.1) is 0 Å². The van der Waals surface area contributed by atoms with Crippen LogP contribution >= 0.6 is 0 Å². The minimum atomic E-state index is 0.117. The summed E-state index contributed by atoms with van der Waals surface area (Å²) in [7, 11) is 0. The number of aliphatic imine (C=N–C) groups is 1. The number of hydrogen-bond donors (Lipinski definition) is 0. The summed E-state index contributed by atoms with van der Waals surface area (Å²) in [4.78, 5) is 5.05. The van der Waals surface area contributed by atoms with Crippen molar-refractivity contribution in [2.45, 2.75) is 50.7 Å². The van der Waals surface area contributed by atoms with Crippen LogP contribution in [0.4, 0.5) is 0 Å². The van der Waals surface area contributed by atoms with E-state index < -0.39 is 0 Å². The highest BCUT2D eigenvalue weighted by Gasteiger charge is 2.31. The molecule has 4 rings (SSSR count). The molecule has 2 aromatic carbocycles. The van der Waals surface area contributed by atoms with Crippen molar-refractivity contribution in [2.24, 2.45) is 10.9 Å². The molecule has 0 bridgehead atoms. The quantitative estimate of drug-likeness (QED) is 0.693. The third-order valence-electron chi connectivity index (χ3n) is 5.29. The second-order valence-electron chi connectivity index (χ2n) is 6.98. The van der Waals surface area contributed by atoms with Crippen LogP contribution in [0.25, 0.3) is 0 Å². The number of nitrogens with zero attached hydrogens (tertiary/aromatic N) is 1. The molecule has 124 valence electrons. The van der Waals surface area contributed by atoms with Gasteiger partial charge in [0.05, 0.1) is 6.04 Å². The molecule has 2 unspecified atom stereocenters. The van der Waals surface area contributed by atoms with Crippen LogP contribution < -0.4 is 0 Å². The lowest BCUT2D eigenvalue weighted by Gasteiger charge is -2.33. The van der Waals surface area contributed by atoms with Crippen molar-refractivity contribution in [1.82, 2.24) is 0 Å². The minimum absolute atomic E-state index is 0.117. The molecule has 2 atom stereocenters. The Morgan fingerprint density at radius 2 is 1.38 bits per heavy atom. The van der Waals surface area contributed by atoms with Crippen LogP contribution in [-0.2, 0) is 4.74 Å². The third-order valence-corrected chi connectivity index (χ3v) is 5.29. The van der Waals surface area contributed by atoms with Crippen LogP contribution in [0, 0.1) is 5.92 Å². The third kappa shape index (κ3) is 3.38. The van der Waals surface area contributed by atoms with Crippen LogP contribution in [0.15, 0.2) is 65.7 Å². The van der Waals surface area contributed by atoms with Crippen molar-refractivity contribution >= 4 is 5.90 Å². The fourth-order valence-corrected chi connectivity index (χ4v) is 3.94. The molecule has 0 radical (unpaired) electrons. The Balaban J connectivity index is 1.64. The first-order valence-corrected chi connectivity index (χ1v) is 9.24. The lowest BCUT2D eigenvalue weighted by molar-refractivity contribution is 0.132. The van der Waals surface area contributed by atoms with E-state index in [2.05, 4.69) is 60.7 Å². The van der Waals surface area contributed by atoms with E-state index in [4.69, 9.17) is 9.73 Å². The van der Waals surface area contributed by atoms with E-state index in [9.17, 15) is 0 Å². The van der Waals surface area contributed by atoms with Crippen molar-refractivity contribution in [3.63, 3.8) is 0 Å². The summed E-state index contributed by atoms with van der Waals surface area (Å²) in [5.41, 5.74) is 2.57. The zero-order valence-corrected chi connectivity index (χ0v) is 14.1. The van der Waals surface area contributed by atoms with Gasteiger partial charge >= 0.3 is 0 Å². The zero-order valence-electron chi connectivity index (χ0n) is 14.1. The summed E-state index contributed by atoms with van der Waals surface area (Å²) in [5.74, 6) is 1.51. The molecule has 0 N–H and O–H groups in total. The first kappa shape index (κ1) is 15.4. The van der Waals surface area contributed by atoms with E-state index in [1.165, 1.54) is 43.2 Å². The normalized spacial score (nSPS) is 24.9. The maximum Gasteiger partial charge on any atom is 0.187 e. The molecule has 1 aliphatic carbocycles. The molecule has 1 heterocycles. The molecule has 0 saturated heterocycles. The Morgan fingerprint density at radius 3 is 2.04 bits per heavy atom. The molecule has 0 aromatic heterocycles. The van der Waals surface area contributed by atoms with Gasteiger partial charge in [-0.05, 0) is 24.0 Å². The summed E-state index contributed by atoms with van der Waals surface area (Å²) in [5, 5.41) is 0. The monoisotopic (exact) mass is 319 g/mol. The van der Waals surface area contributed by atoms with Gasteiger partial charge < -0.3 is 4.74 Å². The van der Waals surface area contributed by atoms with E-state index >= 15 is 0 Å². The van der Waals surface area contributed by atoms with Gasteiger partial charge in [0, 0.05) is 12.3 Å². The topological polar surface area (TPSA) is 21.6 Å². The van der Waals surface area contributed by atoms with Gasteiger partial charge in [0.2, 0.25) is 0 Å². The molecule has 0 spiro atoms. The largest absolute Gasteiger partial charge is 0.473 e. The molecule has 2 aliphatic rings. The molecule has 1 aliphatic heterocycles. The average molecular weight is 319 g/mol. The lowest BCUT2D eigenvalue weighted by Crippen LogP contribution is -2.28.